The topological polar surface area (TPSA) is 118 Å². The molecule has 0 bridgehead atoms. The van der Waals surface area contributed by atoms with Crippen LogP contribution in [0, 0.1) is 0 Å². The number of carbonyl (C=O) groups is 1. The van der Waals surface area contributed by atoms with Crippen LogP contribution in [0.25, 0.3) is 21.9 Å². The van der Waals surface area contributed by atoms with Crippen molar-refractivity contribution < 1.29 is 23.2 Å². The van der Waals surface area contributed by atoms with Crippen molar-refractivity contribution in [2.75, 3.05) is 39.1 Å². The van der Waals surface area contributed by atoms with E-state index in [1.54, 1.807) is 18.3 Å². The zero-order chi connectivity index (χ0) is 26.6. The number of ether oxygens (including phenoxy) is 1. The van der Waals surface area contributed by atoms with E-state index in [9.17, 15) is 18.0 Å². The molecule has 1 unspecified atom stereocenters. The summed E-state index contributed by atoms with van der Waals surface area (Å²) < 4.78 is 29.3. The van der Waals surface area contributed by atoms with Gasteiger partial charge in [-0.3, -0.25) is 19.7 Å². The summed E-state index contributed by atoms with van der Waals surface area (Å²) in [6.07, 6.45) is 3.35. The van der Waals surface area contributed by atoms with Gasteiger partial charge in [-0.05, 0) is 60.0 Å². The molecule has 1 saturated heterocycles. The van der Waals surface area contributed by atoms with Crippen LogP contribution in [0.15, 0.2) is 59.5 Å². The third-order valence-electron chi connectivity index (χ3n) is 7.31. The Morgan fingerprint density at radius 3 is 2.38 bits per heavy atom. The first-order valence-electron chi connectivity index (χ1n) is 12.3. The number of rotatable bonds is 9. The summed E-state index contributed by atoms with van der Waals surface area (Å²) in [6, 6.07) is 15.9. The van der Waals surface area contributed by atoms with Crippen LogP contribution in [-0.2, 0) is 32.3 Å². The number of carbonyl (C=O) groups excluding carboxylic acids is 1. The molecular formula is C27H33N3O6S. The van der Waals surface area contributed by atoms with Gasteiger partial charge in [0, 0.05) is 44.0 Å². The smallest absolute Gasteiger partial charge is 0.264 e. The van der Waals surface area contributed by atoms with E-state index in [4.69, 9.17) is 9.94 Å². The van der Waals surface area contributed by atoms with Crippen molar-refractivity contribution in [2.24, 2.45) is 0 Å². The summed E-state index contributed by atoms with van der Waals surface area (Å²) in [6.45, 7) is 5.80. The maximum absolute atomic E-state index is 13.1. The van der Waals surface area contributed by atoms with Gasteiger partial charge in [-0.2, -0.15) is 0 Å². The monoisotopic (exact) mass is 527 g/mol. The molecule has 1 aromatic heterocycles. The minimum Gasteiger partial charge on any atom is -0.379 e. The van der Waals surface area contributed by atoms with Crippen molar-refractivity contribution in [3.05, 3.63) is 70.6 Å². The van der Waals surface area contributed by atoms with Gasteiger partial charge in [0.15, 0.2) is 14.6 Å². The first-order valence-corrected chi connectivity index (χ1v) is 14.2. The first-order chi connectivity index (χ1) is 17.6. The van der Waals surface area contributed by atoms with E-state index in [0.717, 1.165) is 62.0 Å². The number of fused-ring (bicyclic) bond motifs is 1. The Morgan fingerprint density at radius 2 is 1.73 bits per heavy atom. The largest absolute Gasteiger partial charge is 0.379 e. The van der Waals surface area contributed by atoms with E-state index in [2.05, 4.69) is 29.2 Å². The van der Waals surface area contributed by atoms with Gasteiger partial charge in [0.05, 0.1) is 13.2 Å². The predicted molar refractivity (Wildman–Crippen MR) is 142 cm³/mol. The van der Waals surface area contributed by atoms with E-state index in [0.29, 0.717) is 5.39 Å². The number of aryl methyl sites for hydroxylation is 1. The highest BCUT2D eigenvalue weighted by Gasteiger charge is 2.43. The SMILES string of the molecule is CC(CCn1ccc2cc(-c3ccc(CCN4CCOCC4)cc3)ccc2c1=O)(C(=O)NO)S(C)(=O)=O. The van der Waals surface area contributed by atoms with Crippen molar-refractivity contribution in [1.82, 2.24) is 14.9 Å². The minimum atomic E-state index is -3.85. The van der Waals surface area contributed by atoms with Crippen LogP contribution in [0.5, 0.6) is 0 Å². The van der Waals surface area contributed by atoms with Crippen LogP contribution in [0.3, 0.4) is 0 Å². The average Bonchev–Trinajstić information content (AvgIpc) is 2.91. The third-order valence-corrected chi connectivity index (χ3v) is 9.34. The number of benzene rings is 2. The van der Waals surface area contributed by atoms with E-state index < -0.39 is 20.5 Å². The lowest BCUT2D eigenvalue weighted by Gasteiger charge is -2.26. The van der Waals surface area contributed by atoms with Crippen LogP contribution < -0.4 is 11.0 Å². The fourth-order valence-corrected chi connectivity index (χ4v) is 5.38. The molecule has 9 nitrogen and oxygen atoms in total. The number of hydrogen-bond acceptors (Lipinski definition) is 7. The van der Waals surface area contributed by atoms with Crippen LogP contribution in [-0.4, -0.2) is 72.9 Å². The van der Waals surface area contributed by atoms with Gasteiger partial charge in [-0.1, -0.05) is 30.3 Å². The highest BCUT2D eigenvalue weighted by atomic mass is 32.2. The summed E-state index contributed by atoms with van der Waals surface area (Å²) in [7, 11) is -3.85. The summed E-state index contributed by atoms with van der Waals surface area (Å²) in [4.78, 5) is 27.6. The zero-order valence-corrected chi connectivity index (χ0v) is 22.0. The second kappa shape index (κ2) is 11.1. The lowest BCUT2D eigenvalue weighted by atomic mass is 10.00. The van der Waals surface area contributed by atoms with Gasteiger partial charge < -0.3 is 9.30 Å². The number of sulfone groups is 1. The Morgan fingerprint density at radius 1 is 1.05 bits per heavy atom. The average molecular weight is 528 g/mol. The van der Waals surface area contributed by atoms with E-state index in [-0.39, 0.29) is 18.5 Å². The van der Waals surface area contributed by atoms with Crippen LogP contribution >= 0.6 is 0 Å². The molecule has 2 N–H and O–H groups in total. The fourth-order valence-electron chi connectivity index (χ4n) is 4.54. The Labute approximate surface area is 216 Å². The standard InChI is InChI=1S/C27H33N3O6S/c1-27(26(32)28-33,37(2,34)35)11-14-30-13-10-23-19-22(7-8-24(23)25(30)31)21-5-3-20(4-6-21)9-12-29-15-17-36-18-16-29/h3-8,10,13,19,33H,9,11-12,14-18H2,1-2H3,(H,28,32). The summed E-state index contributed by atoms with van der Waals surface area (Å²) in [5.74, 6) is -1.03. The number of nitrogens with one attached hydrogen (secondary N) is 1. The van der Waals surface area contributed by atoms with Crippen LogP contribution in [0.1, 0.15) is 18.9 Å². The molecule has 37 heavy (non-hydrogen) atoms. The van der Waals surface area contributed by atoms with E-state index in [1.807, 2.05) is 12.1 Å². The van der Waals surface area contributed by atoms with Crippen molar-refractivity contribution in [3.63, 3.8) is 0 Å². The Hall–Kier alpha value is -3.05. The number of hydrogen-bond donors (Lipinski definition) is 2. The van der Waals surface area contributed by atoms with Gasteiger partial charge in [-0.15, -0.1) is 0 Å². The molecule has 1 fully saturated rings. The minimum absolute atomic E-state index is 0.000566. The predicted octanol–water partition coefficient (Wildman–Crippen LogP) is 2.24. The number of pyridine rings is 1. The maximum Gasteiger partial charge on any atom is 0.264 e. The van der Waals surface area contributed by atoms with Gasteiger partial charge in [0.1, 0.15) is 0 Å². The van der Waals surface area contributed by atoms with Crippen LogP contribution in [0.4, 0.5) is 0 Å². The zero-order valence-electron chi connectivity index (χ0n) is 21.1. The Kier molecular flexibility index (Phi) is 8.13. The van der Waals surface area contributed by atoms with Gasteiger partial charge in [0.2, 0.25) is 0 Å². The van der Waals surface area contributed by atoms with Gasteiger partial charge in [0.25, 0.3) is 11.5 Å². The second-order valence-corrected chi connectivity index (χ2v) is 12.2. The first kappa shape index (κ1) is 27.0. The number of hydroxylamine groups is 1. The molecule has 0 spiro atoms. The van der Waals surface area contributed by atoms with E-state index in [1.165, 1.54) is 22.5 Å². The van der Waals surface area contributed by atoms with Crippen molar-refractivity contribution in [2.45, 2.75) is 31.1 Å². The third kappa shape index (κ3) is 5.93. The molecule has 1 aliphatic rings. The van der Waals surface area contributed by atoms with Crippen molar-refractivity contribution in [3.8, 4) is 11.1 Å². The summed E-state index contributed by atoms with van der Waals surface area (Å²) in [5.41, 5.74) is 4.48. The Bertz CT molecular complexity index is 1430. The highest BCUT2D eigenvalue weighted by molar-refractivity contribution is 7.92. The molecule has 2 aromatic carbocycles. The molecule has 198 valence electrons. The molecule has 0 aliphatic carbocycles. The molecule has 0 radical (unpaired) electrons. The summed E-state index contributed by atoms with van der Waals surface area (Å²) >= 11 is 0. The van der Waals surface area contributed by atoms with Crippen molar-refractivity contribution >= 4 is 26.5 Å². The Balaban J connectivity index is 1.49. The molecule has 4 rings (SSSR count). The molecule has 0 saturated carbocycles. The number of morpholine rings is 1. The molecule has 2 heterocycles. The van der Waals surface area contributed by atoms with Gasteiger partial charge in [-0.25, -0.2) is 13.9 Å². The number of aromatic nitrogens is 1. The van der Waals surface area contributed by atoms with Crippen LogP contribution in [0.2, 0.25) is 0 Å². The summed E-state index contributed by atoms with van der Waals surface area (Å²) in [5, 5.41) is 10.3. The lowest BCUT2D eigenvalue weighted by Crippen LogP contribution is -2.49. The molecular weight excluding hydrogens is 494 g/mol. The fraction of sp³-hybridized carbons (Fsp3) is 0.407. The lowest BCUT2D eigenvalue weighted by molar-refractivity contribution is -0.131. The normalized spacial score (nSPS) is 16.4. The number of nitrogens with zero attached hydrogens (tertiary/aromatic N) is 2. The molecule has 1 atom stereocenters. The molecule has 1 aliphatic heterocycles. The molecule has 1 amide bonds. The number of amides is 1. The second-order valence-electron chi connectivity index (χ2n) is 9.71. The molecule has 3 aromatic rings. The quantitative estimate of drug-likeness (QED) is 0.324. The maximum atomic E-state index is 13.1. The highest BCUT2D eigenvalue weighted by Crippen LogP contribution is 2.25. The van der Waals surface area contributed by atoms with E-state index >= 15 is 0 Å². The molecule has 10 heteroatoms. The van der Waals surface area contributed by atoms with Crippen molar-refractivity contribution in [1.29, 1.82) is 0 Å². The van der Waals surface area contributed by atoms with Gasteiger partial charge >= 0.3 is 0 Å².